The number of anilines is 2. The standard InChI is InChI=1S/C45H52N4O7S.ClH/c1-48(39(50)24-25-40(51)52)26-27-49(36-10-3-2-4-11-36)29-32-8-7-9-34(28-32)42(53)47-44-41(37-12-5-6-13-38(37)57-44)43(54)46-35-22-18-31(19-23-35)15-14-30-16-20-33(21-17-30)45(55)56;/h7-9,16-23,28,36H,2-6,10-15,24-27,29H2,1H3,(H,46,54)(H,47,53)(H,51,52)(H,55,56);1H. The van der Waals surface area contributed by atoms with Crippen molar-refractivity contribution in [1.29, 1.82) is 0 Å². The van der Waals surface area contributed by atoms with Gasteiger partial charge < -0.3 is 25.7 Å². The van der Waals surface area contributed by atoms with Crippen molar-refractivity contribution in [3.8, 4) is 0 Å². The summed E-state index contributed by atoms with van der Waals surface area (Å²) < 4.78 is 0. The van der Waals surface area contributed by atoms with Crippen molar-refractivity contribution < 1.29 is 34.2 Å². The third-order valence-electron chi connectivity index (χ3n) is 11.1. The summed E-state index contributed by atoms with van der Waals surface area (Å²) in [6.07, 6.45) is 10.6. The summed E-state index contributed by atoms with van der Waals surface area (Å²) in [5.41, 5.74) is 6.09. The first-order chi connectivity index (χ1) is 27.5. The Kier molecular flexibility index (Phi) is 16.0. The lowest BCUT2D eigenvalue weighted by Gasteiger charge is -2.35. The number of aliphatic carboxylic acids is 1. The Balaban J connectivity index is 0.00000641. The predicted octanol–water partition coefficient (Wildman–Crippen LogP) is 8.49. The lowest BCUT2D eigenvalue weighted by Crippen LogP contribution is -2.42. The molecule has 0 aliphatic heterocycles. The second-order valence-electron chi connectivity index (χ2n) is 15.2. The zero-order chi connectivity index (χ0) is 40.3. The highest BCUT2D eigenvalue weighted by atomic mass is 35.5. The molecular formula is C45H53ClN4O7S. The molecule has 0 radical (unpaired) electrons. The second kappa shape index (κ2) is 21.1. The zero-order valence-corrected chi connectivity index (χ0v) is 34.6. The molecule has 3 aromatic carbocycles. The second-order valence-corrected chi connectivity index (χ2v) is 16.3. The van der Waals surface area contributed by atoms with Gasteiger partial charge in [-0.15, -0.1) is 23.7 Å². The number of amides is 3. The molecule has 3 amide bonds. The molecule has 0 bridgehead atoms. The van der Waals surface area contributed by atoms with Crippen molar-refractivity contribution >= 4 is 64.1 Å². The number of nitrogens with one attached hydrogen (secondary N) is 2. The molecule has 58 heavy (non-hydrogen) atoms. The molecule has 0 spiro atoms. The van der Waals surface area contributed by atoms with Gasteiger partial charge in [-0.3, -0.25) is 24.1 Å². The van der Waals surface area contributed by atoms with Crippen LogP contribution in [0.25, 0.3) is 0 Å². The normalized spacial score (nSPS) is 13.9. The molecule has 13 heteroatoms. The SMILES string of the molecule is CN(CCN(Cc1cccc(C(=O)Nc2sc3c(c2C(=O)Nc2ccc(CCc4ccc(C(=O)O)cc4)cc2)CCCC3)c1)C1CCCCC1)C(=O)CCC(=O)O.Cl. The molecule has 4 N–H and O–H groups in total. The molecule has 0 saturated heterocycles. The van der Waals surface area contributed by atoms with E-state index in [0.717, 1.165) is 91.3 Å². The summed E-state index contributed by atoms with van der Waals surface area (Å²) in [6, 6.07) is 22.6. The summed E-state index contributed by atoms with van der Waals surface area (Å²) in [5.74, 6) is -2.64. The molecule has 1 saturated carbocycles. The first kappa shape index (κ1) is 44.1. The number of nitrogens with zero attached hydrogens (tertiary/aromatic N) is 2. The minimum absolute atomic E-state index is 0. The van der Waals surface area contributed by atoms with E-state index in [4.69, 9.17) is 10.2 Å². The van der Waals surface area contributed by atoms with Crippen LogP contribution >= 0.6 is 23.7 Å². The van der Waals surface area contributed by atoms with E-state index in [1.165, 1.54) is 17.8 Å². The van der Waals surface area contributed by atoms with Gasteiger partial charge in [0.15, 0.2) is 0 Å². The van der Waals surface area contributed by atoms with Gasteiger partial charge in [-0.05, 0) is 110 Å². The van der Waals surface area contributed by atoms with E-state index < -0.39 is 11.9 Å². The monoisotopic (exact) mass is 828 g/mol. The third-order valence-corrected chi connectivity index (χ3v) is 12.3. The van der Waals surface area contributed by atoms with Gasteiger partial charge >= 0.3 is 11.9 Å². The van der Waals surface area contributed by atoms with Crippen molar-refractivity contribution in [1.82, 2.24) is 9.80 Å². The lowest BCUT2D eigenvalue weighted by molar-refractivity contribution is -0.140. The van der Waals surface area contributed by atoms with E-state index in [-0.39, 0.29) is 48.5 Å². The van der Waals surface area contributed by atoms with E-state index in [1.807, 2.05) is 54.6 Å². The molecular weight excluding hydrogens is 776 g/mol. The van der Waals surface area contributed by atoms with E-state index in [1.54, 1.807) is 30.1 Å². The number of halogens is 1. The Labute approximate surface area is 350 Å². The third kappa shape index (κ3) is 12.0. The summed E-state index contributed by atoms with van der Waals surface area (Å²) >= 11 is 1.49. The number of aryl methyl sites for hydroxylation is 3. The Morgan fingerprint density at radius 2 is 1.40 bits per heavy atom. The molecule has 4 aromatic rings. The first-order valence-corrected chi connectivity index (χ1v) is 20.8. The minimum Gasteiger partial charge on any atom is -0.481 e. The van der Waals surface area contributed by atoms with E-state index in [2.05, 4.69) is 15.5 Å². The highest BCUT2D eigenvalue weighted by Gasteiger charge is 2.28. The smallest absolute Gasteiger partial charge is 0.335 e. The molecule has 0 unspecified atom stereocenters. The highest BCUT2D eigenvalue weighted by Crippen LogP contribution is 2.39. The van der Waals surface area contributed by atoms with Crippen LogP contribution in [0.1, 0.15) is 116 Å². The van der Waals surface area contributed by atoms with Crippen molar-refractivity contribution in [3.63, 3.8) is 0 Å². The van der Waals surface area contributed by atoms with E-state index in [0.29, 0.717) is 47.5 Å². The number of carbonyl (C=O) groups is 5. The van der Waals surface area contributed by atoms with Gasteiger partial charge in [0.25, 0.3) is 11.8 Å². The van der Waals surface area contributed by atoms with Crippen molar-refractivity contribution in [3.05, 3.63) is 117 Å². The molecule has 1 aromatic heterocycles. The van der Waals surface area contributed by atoms with Crippen molar-refractivity contribution in [2.45, 2.75) is 96.1 Å². The van der Waals surface area contributed by atoms with Crippen LogP contribution in [0.2, 0.25) is 0 Å². The van der Waals surface area contributed by atoms with Crippen LogP contribution in [0.5, 0.6) is 0 Å². The number of carboxylic acids is 2. The number of likely N-dealkylation sites (N-methyl/N-ethyl adjacent to an activating group) is 1. The van der Waals surface area contributed by atoms with Gasteiger partial charge in [0, 0.05) is 55.3 Å². The van der Waals surface area contributed by atoms with Crippen LogP contribution in [0.4, 0.5) is 10.7 Å². The quantitative estimate of drug-likeness (QED) is 0.0826. The van der Waals surface area contributed by atoms with Gasteiger partial charge in [-0.2, -0.15) is 0 Å². The number of carbonyl (C=O) groups excluding carboxylic acids is 3. The topological polar surface area (TPSA) is 156 Å². The van der Waals surface area contributed by atoms with Gasteiger partial charge in [-0.1, -0.05) is 55.7 Å². The van der Waals surface area contributed by atoms with Gasteiger partial charge in [-0.25, -0.2) is 4.79 Å². The number of aromatic carboxylic acids is 1. The number of fused-ring (bicyclic) bond motifs is 1. The number of hydrogen-bond acceptors (Lipinski definition) is 7. The summed E-state index contributed by atoms with van der Waals surface area (Å²) in [5, 5.41) is 24.9. The van der Waals surface area contributed by atoms with Gasteiger partial charge in [0.1, 0.15) is 5.00 Å². The Morgan fingerprint density at radius 3 is 2.07 bits per heavy atom. The average molecular weight is 829 g/mol. The van der Waals surface area contributed by atoms with Crippen LogP contribution in [0, 0.1) is 0 Å². The van der Waals surface area contributed by atoms with E-state index >= 15 is 0 Å². The Bertz CT molecular complexity index is 2060. The number of carboxylic acid groups (broad SMARTS) is 2. The van der Waals surface area contributed by atoms with Crippen molar-refractivity contribution in [2.75, 3.05) is 30.8 Å². The van der Waals surface area contributed by atoms with E-state index in [9.17, 15) is 24.0 Å². The number of thiophene rings is 1. The fourth-order valence-corrected chi connectivity index (χ4v) is 9.09. The predicted molar refractivity (Wildman–Crippen MR) is 230 cm³/mol. The fourth-order valence-electron chi connectivity index (χ4n) is 7.81. The number of rotatable bonds is 17. The average Bonchev–Trinajstić information content (AvgIpc) is 3.59. The minimum atomic E-state index is -0.984. The van der Waals surface area contributed by atoms with Crippen LogP contribution in [-0.2, 0) is 41.8 Å². The largest absolute Gasteiger partial charge is 0.481 e. The maximum atomic E-state index is 13.9. The molecule has 11 nitrogen and oxygen atoms in total. The maximum absolute atomic E-state index is 13.9. The lowest BCUT2D eigenvalue weighted by atomic mass is 9.93. The number of hydrogen-bond donors (Lipinski definition) is 4. The first-order valence-electron chi connectivity index (χ1n) is 20.0. The molecule has 308 valence electrons. The highest BCUT2D eigenvalue weighted by molar-refractivity contribution is 7.17. The molecule has 2 aliphatic carbocycles. The molecule has 1 heterocycles. The van der Waals surface area contributed by atoms with Gasteiger partial charge in [0.2, 0.25) is 5.91 Å². The molecule has 0 atom stereocenters. The molecule has 2 aliphatic rings. The van der Waals surface area contributed by atoms with Crippen LogP contribution in [0.3, 0.4) is 0 Å². The van der Waals surface area contributed by atoms with Crippen LogP contribution < -0.4 is 10.6 Å². The fraction of sp³-hybridized carbons (Fsp3) is 0.400. The number of benzene rings is 3. The Morgan fingerprint density at radius 1 is 0.724 bits per heavy atom. The molecule has 1 fully saturated rings. The van der Waals surface area contributed by atoms with Crippen LogP contribution in [-0.4, -0.2) is 75.9 Å². The van der Waals surface area contributed by atoms with Crippen LogP contribution in [0.15, 0.2) is 72.8 Å². The van der Waals surface area contributed by atoms with Crippen molar-refractivity contribution in [2.24, 2.45) is 0 Å². The molecule has 6 rings (SSSR count). The summed E-state index contributed by atoms with van der Waals surface area (Å²) in [6.45, 7) is 1.74. The van der Waals surface area contributed by atoms with Gasteiger partial charge in [0.05, 0.1) is 17.5 Å². The maximum Gasteiger partial charge on any atom is 0.335 e. The summed E-state index contributed by atoms with van der Waals surface area (Å²) in [4.78, 5) is 67.7. The Hall–Kier alpha value is -5.04. The zero-order valence-electron chi connectivity index (χ0n) is 33.0. The summed E-state index contributed by atoms with van der Waals surface area (Å²) in [7, 11) is 1.72.